The highest BCUT2D eigenvalue weighted by molar-refractivity contribution is 7.13. The minimum absolute atomic E-state index is 0.0385. The van der Waals surface area contributed by atoms with Crippen molar-refractivity contribution in [3.05, 3.63) is 82.4 Å². The van der Waals surface area contributed by atoms with Crippen LogP contribution < -0.4 is 11.1 Å². The smallest absolute Gasteiger partial charge is 0.279 e. The van der Waals surface area contributed by atoms with Crippen LogP contribution in [0.25, 0.3) is 16.1 Å². The zero-order valence-electron chi connectivity index (χ0n) is 22.2. The van der Waals surface area contributed by atoms with Crippen LogP contribution >= 0.6 is 11.3 Å². The molecule has 40 heavy (non-hydrogen) atoms. The van der Waals surface area contributed by atoms with Crippen LogP contribution in [0, 0.1) is 11.2 Å². The van der Waals surface area contributed by atoms with Gasteiger partial charge in [0.2, 0.25) is 0 Å². The van der Waals surface area contributed by atoms with Crippen molar-refractivity contribution >= 4 is 35.0 Å². The molecule has 0 unspecified atom stereocenters. The molecule has 3 heterocycles. The Morgan fingerprint density at radius 2 is 1.98 bits per heavy atom. The molecule has 0 bridgehead atoms. The van der Waals surface area contributed by atoms with Gasteiger partial charge >= 0.3 is 0 Å². The van der Waals surface area contributed by atoms with Gasteiger partial charge in [0.05, 0.1) is 34.6 Å². The molecule has 0 radical (unpaired) electrons. The van der Waals surface area contributed by atoms with Crippen molar-refractivity contribution in [3.63, 3.8) is 0 Å². The zero-order valence-corrected chi connectivity index (χ0v) is 23.0. The molecule has 0 aliphatic carbocycles. The highest BCUT2D eigenvalue weighted by atomic mass is 32.1. The Labute approximate surface area is 236 Å². The Hall–Kier alpha value is -3.77. The van der Waals surface area contributed by atoms with Gasteiger partial charge in [-0.15, -0.1) is 11.3 Å². The van der Waals surface area contributed by atoms with Gasteiger partial charge in [-0.05, 0) is 35.6 Å². The molecule has 2 aliphatic heterocycles. The lowest BCUT2D eigenvalue weighted by atomic mass is 9.90. The number of hydrogen-bond donors (Lipinski definition) is 4. The van der Waals surface area contributed by atoms with Crippen molar-refractivity contribution < 1.29 is 14.3 Å². The largest absolute Gasteiger partial charge is 0.388 e. The average Bonchev–Trinajstić information content (AvgIpc) is 3.51. The van der Waals surface area contributed by atoms with Crippen molar-refractivity contribution in [2.24, 2.45) is 10.7 Å². The van der Waals surface area contributed by atoms with Crippen LogP contribution in [0.4, 0.5) is 4.39 Å². The predicted molar refractivity (Wildman–Crippen MR) is 155 cm³/mol. The summed E-state index contributed by atoms with van der Waals surface area (Å²) in [5.74, 6) is -0.782. The van der Waals surface area contributed by atoms with Gasteiger partial charge in [-0.1, -0.05) is 36.4 Å². The molecule has 2 aromatic carbocycles. The summed E-state index contributed by atoms with van der Waals surface area (Å²) in [6.45, 7) is 2.00. The van der Waals surface area contributed by atoms with E-state index in [0.29, 0.717) is 50.3 Å². The molecule has 208 valence electrons. The number of carbonyl (C=O) groups excluding carboxylic acids is 1. The van der Waals surface area contributed by atoms with E-state index in [-0.39, 0.29) is 23.8 Å². The van der Waals surface area contributed by atoms with Crippen LogP contribution in [-0.2, 0) is 17.9 Å². The molecule has 1 amide bonds. The normalized spacial score (nSPS) is 18.8. The highest BCUT2D eigenvalue weighted by Crippen LogP contribution is 2.29. The molecule has 11 heteroatoms. The lowest BCUT2D eigenvalue weighted by Gasteiger charge is -2.40. The molecule has 9 nitrogen and oxygen atoms in total. The van der Waals surface area contributed by atoms with E-state index >= 15 is 0 Å². The van der Waals surface area contributed by atoms with Crippen LogP contribution in [0.1, 0.15) is 29.5 Å². The van der Waals surface area contributed by atoms with Crippen LogP contribution in [0.3, 0.4) is 0 Å². The number of likely N-dealkylation sites (tertiary alicyclic amines) is 1. The van der Waals surface area contributed by atoms with Gasteiger partial charge in [0.1, 0.15) is 17.2 Å². The number of nitrogens with two attached hydrogens (primary N) is 1. The van der Waals surface area contributed by atoms with E-state index in [9.17, 15) is 14.3 Å². The second kappa shape index (κ2) is 11.8. The standard InChI is InChI=1S/C29H32FN7O2S/c1-33-26(20-4-2-19(13-31)3-5-20)27-25(32)28(38)37(17-35-27)16-29(39)8-10-36(11-9-29)15-22-7-6-21(12-23(22)30)24-14-34-18-40-24/h2-7,12,14,17-18,32-33,39H,8-11,13,15-16,31H2,1H3/b27-26+,32-25?. The molecule has 0 saturated carbocycles. The number of aromatic nitrogens is 1. The Kier molecular flexibility index (Phi) is 8.17. The first-order valence-corrected chi connectivity index (χ1v) is 14.0. The van der Waals surface area contributed by atoms with E-state index in [1.165, 1.54) is 28.6 Å². The molecular weight excluding hydrogens is 529 g/mol. The van der Waals surface area contributed by atoms with Crippen molar-refractivity contribution in [1.82, 2.24) is 20.1 Å². The summed E-state index contributed by atoms with van der Waals surface area (Å²) in [6.07, 6.45) is 3.94. The molecule has 5 N–H and O–H groups in total. The number of thiazole rings is 1. The second-order valence-corrected chi connectivity index (χ2v) is 11.0. The van der Waals surface area contributed by atoms with Crippen LogP contribution in [0.5, 0.6) is 0 Å². The van der Waals surface area contributed by atoms with Crippen LogP contribution in [0.2, 0.25) is 0 Å². The number of benzene rings is 2. The monoisotopic (exact) mass is 561 g/mol. The number of piperidine rings is 1. The third-order valence-corrected chi connectivity index (χ3v) is 8.24. The summed E-state index contributed by atoms with van der Waals surface area (Å²) < 4.78 is 14.8. The molecule has 5 rings (SSSR count). The maximum absolute atomic E-state index is 14.8. The van der Waals surface area contributed by atoms with Gasteiger partial charge in [-0.3, -0.25) is 25.0 Å². The molecule has 0 atom stereocenters. The van der Waals surface area contributed by atoms with Crippen LogP contribution in [0.15, 0.2) is 64.9 Å². The SMILES string of the molecule is CN/C(=C1/N=CN(CC2(O)CCN(Cc3ccc(-c4cncs4)cc3F)CC2)C(=O)C1=N)c1ccc(CN)cc1. The third kappa shape index (κ3) is 5.87. The van der Waals surface area contributed by atoms with Gasteiger partial charge in [0.25, 0.3) is 5.91 Å². The Morgan fingerprint density at radius 1 is 1.23 bits per heavy atom. The summed E-state index contributed by atoms with van der Waals surface area (Å²) in [7, 11) is 1.72. The van der Waals surface area contributed by atoms with E-state index in [1.807, 2.05) is 30.3 Å². The fourth-order valence-corrected chi connectivity index (χ4v) is 5.65. The minimum atomic E-state index is -1.13. The van der Waals surface area contributed by atoms with Gasteiger partial charge in [0, 0.05) is 45.0 Å². The fraction of sp³-hybridized carbons (Fsp3) is 0.310. The quantitative estimate of drug-likeness (QED) is 0.334. The highest BCUT2D eigenvalue weighted by Gasteiger charge is 2.38. The fourth-order valence-electron chi connectivity index (χ4n) is 5.03. The summed E-state index contributed by atoms with van der Waals surface area (Å²) >= 11 is 1.47. The lowest BCUT2D eigenvalue weighted by molar-refractivity contribution is -0.124. The first-order chi connectivity index (χ1) is 19.3. The number of nitrogens with zero attached hydrogens (tertiary/aromatic N) is 4. The minimum Gasteiger partial charge on any atom is -0.388 e. The number of hydrogen-bond acceptors (Lipinski definition) is 9. The molecule has 3 aromatic rings. The van der Waals surface area contributed by atoms with Gasteiger partial charge in [-0.25, -0.2) is 9.38 Å². The number of carbonyl (C=O) groups is 1. The number of rotatable bonds is 8. The van der Waals surface area contributed by atoms with Gasteiger partial charge in [-0.2, -0.15) is 0 Å². The molecule has 1 fully saturated rings. The van der Waals surface area contributed by atoms with E-state index in [4.69, 9.17) is 11.1 Å². The molecule has 1 aromatic heterocycles. The van der Waals surface area contributed by atoms with Crippen molar-refractivity contribution in [2.75, 3.05) is 26.7 Å². The average molecular weight is 562 g/mol. The Bertz CT molecular complexity index is 1450. The van der Waals surface area contributed by atoms with Crippen molar-refractivity contribution in [3.8, 4) is 10.4 Å². The maximum Gasteiger partial charge on any atom is 0.279 e. The summed E-state index contributed by atoms with van der Waals surface area (Å²) in [5, 5.41) is 22.9. The Morgan fingerprint density at radius 3 is 2.60 bits per heavy atom. The van der Waals surface area contributed by atoms with Crippen molar-refractivity contribution in [1.29, 1.82) is 5.41 Å². The van der Waals surface area contributed by atoms with E-state index in [1.54, 1.807) is 24.8 Å². The van der Waals surface area contributed by atoms with E-state index in [0.717, 1.165) is 21.6 Å². The zero-order chi connectivity index (χ0) is 28.3. The number of halogens is 1. The first kappa shape index (κ1) is 27.8. The molecule has 1 saturated heterocycles. The lowest BCUT2D eigenvalue weighted by Crippen LogP contribution is -2.53. The number of nitrogens with one attached hydrogen (secondary N) is 2. The third-order valence-electron chi connectivity index (χ3n) is 7.42. The van der Waals surface area contributed by atoms with E-state index in [2.05, 4.69) is 20.2 Å². The summed E-state index contributed by atoms with van der Waals surface area (Å²) in [5.41, 5.74) is 10.0. The molecule has 2 aliphatic rings. The first-order valence-electron chi connectivity index (χ1n) is 13.1. The predicted octanol–water partition coefficient (Wildman–Crippen LogP) is 3.21. The topological polar surface area (TPSA) is 131 Å². The summed E-state index contributed by atoms with van der Waals surface area (Å²) in [6, 6.07) is 12.8. The molecular formula is C29H32FN7O2S. The van der Waals surface area contributed by atoms with E-state index < -0.39 is 11.5 Å². The summed E-state index contributed by atoms with van der Waals surface area (Å²) in [4.78, 5) is 25.9. The molecule has 0 spiro atoms. The number of β-amino-alcohol motifs (C(OH)–C–C–N with tert-alkyl or cyclic N) is 1. The number of aliphatic imine (C=N–C) groups is 1. The number of aliphatic hydroxyl groups is 1. The maximum atomic E-state index is 14.8. The van der Waals surface area contributed by atoms with Crippen LogP contribution in [-0.4, -0.2) is 70.1 Å². The number of amides is 1. The second-order valence-electron chi connectivity index (χ2n) is 10.1. The van der Waals surface area contributed by atoms with Gasteiger partial charge in [0.15, 0.2) is 0 Å². The van der Waals surface area contributed by atoms with Crippen molar-refractivity contribution in [2.45, 2.75) is 31.5 Å². The van der Waals surface area contributed by atoms with Gasteiger partial charge < -0.3 is 16.2 Å². The Balaban J connectivity index is 1.22.